The maximum absolute atomic E-state index is 6.22. The molecule has 0 bridgehead atoms. The van der Waals surface area contributed by atoms with Crippen LogP contribution < -0.4 is 5.32 Å². The largest absolute Gasteiger partial charge is 0.310 e. The zero-order chi connectivity index (χ0) is 15.4. The van der Waals surface area contributed by atoms with Gasteiger partial charge in [-0.1, -0.05) is 41.9 Å². The number of nitrogens with one attached hydrogen (secondary N) is 1. The minimum Gasteiger partial charge on any atom is -0.310 e. The summed E-state index contributed by atoms with van der Waals surface area (Å²) in [5.41, 5.74) is 6.66. The summed E-state index contributed by atoms with van der Waals surface area (Å²) in [4.78, 5) is 0. The minimum atomic E-state index is 0.394. The highest BCUT2D eigenvalue weighted by Gasteiger charge is 2.08. The van der Waals surface area contributed by atoms with Gasteiger partial charge in [0.15, 0.2) is 0 Å². The summed E-state index contributed by atoms with van der Waals surface area (Å²) in [6, 6.07) is 13.0. The Morgan fingerprint density at radius 1 is 0.952 bits per heavy atom. The van der Waals surface area contributed by atoms with Gasteiger partial charge in [0.1, 0.15) is 0 Å². The predicted octanol–water partition coefficient (Wildman–Crippen LogP) is 4.99. The number of benzene rings is 2. The molecule has 1 N–H and O–H groups in total. The Labute approximate surface area is 133 Å². The first kappa shape index (κ1) is 16.1. The zero-order valence-corrected chi connectivity index (χ0v) is 14.1. The van der Waals surface area contributed by atoms with Crippen LogP contribution in [0.1, 0.15) is 34.7 Å². The molecule has 112 valence electrons. The molecule has 0 aliphatic carbocycles. The summed E-state index contributed by atoms with van der Waals surface area (Å²) in [5, 5.41) is 4.46. The van der Waals surface area contributed by atoms with Crippen molar-refractivity contribution in [1.29, 1.82) is 0 Å². The second-order valence-corrected chi connectivity index (χ2v) is 6.35. The fraction of sp³-hybridized carbons (Fsp3) is 0.368. The van der Waals surface area contributed by atoms with E-state index in [4.69, 9.17) is 11.6 Å². The van der Waals surface area contributed by atoms with Crippen molar-refractivity contribution in [2.45, 2.75) is 46.7 Å². The molecule has 0 aliphatic heterocycles. The van der Waals surface area contributed by atoms with E-state index in [2.05, 4.69) is 51.2 Å². The Morgan fingerprint density at radius 3 is 2.33 bits per heavy atom. The molecule has 2 aromatic rings. The van der Waals surface area contributed by atoms with Crippen molar-refractivity contribution in [3.05, 3.63) is 69.2 Å². The quantitative estimate of drug-likeness (QED) is 0.820. The monoisotopic (exact) mass is 301 g/mol. The van der Waals surface area contributed by atoms with Gasteiger partial charge in [-0.2, -0.15) is 0 Å². The first-order valence-corrected chi connectivity index (χ1v) is 7.88. The van der Waals surface area contributed by atoms with Crippen LogP contribution in [0.25, 0.3) is 0 Å². The lowest BCUT2D eigenvalue weighted by atomic mass is 10.0. The molecule has 2 rings (SSSR count). The Balaban J connectivity index is 1.97. The SMILES string of the molecule is Cc1cc(C)c(CNC(C)Cc2ccccc2Cl)cc1C. The van der Waals surface area contributed by atoms with E-state index in [1.165, 1.54) is 27.8 Å². The van der Waals surface area contributed by atoms with E-state index in [1.807, 2.05) is 18.2 Å². The normalized spacial score (nSPS) is 12.4. The van der Waals surface area contributed by atoms with Crippen LogP contribution >= 0.6 is 11.6 Å². The second kappa shape index (κ2) is 7.11. The van der Waals surface area contributed by atoms with Crippen molar-refractivity contribution in [2.75, 3.05) is 0 Å². The molecule has 2 aromatic carbocycles. The zero-order valence-electron chi connectivity index (χ0n) is 13.3. The summed E-state index contributed by atoms with van der Waals surface area (Å²) >= 11 is 6.22. The molecule has 1 atom stereocenters. The average Bonchev–Trinajstić information content (AvgIpc) is 2.44. The van der Waals surface area contributed by atoms with Gasteiger partial charge in [-0.3, -0.25) is 0 Å². The third-order valence-electron chi connectivity index (χ3n) is 4.08. The van der Waals surface area contributed by atoms with Crippen molar-refractivity contribution in [1.82, 2.24) is 5.32 Å². The standard InChI is InChI=1S/C19H24ClN/c1-13-9-15(3)18(10-14(13)2)12-21-16(4)11-17-7-5-6-8-19(17)20/h5-10,16,21H,11-12H2,1-4H3. The van der Waals surface area contributed by atoms with Crippen LogP contribution in [0.5, 0.6) is 0 Å². The van der Waals surface area contributed by atoms with Gasteiger partial charge in [-0.15, -0.1) is 0 Å². The lowest BCUT2D eigenvalue weighted by Gasteiger charge is -2.17. The summed E-state index contributed by atoms with van der Waals surface area (Å²) in [6.45, 7) is 9.63. The average molecular weight is 302 g/mol. The summed E-state index contributed by atoms with van der Waals surface area (Å²) in [5.74, 6) is 0. The van der Waals surface area contributed by atoms with E-state index in [1.54, 1.807) is 0 Å². The van der Waals surface area contributed by atoms with E-state index in [0.717, 1.165) is 18.0 Å². The Hall–Kier alpha value is -1.31. The molecule has 0 heterocycles. The number of halogens is 1. The molecule has 0 fully saturated rings. The minimum absolute atomic E-state index is 0.394. The van der Waals surface area contributed by atoms with Gasteiger partial charge >= 0.3 is 0 Å². The van der Waals surface area contributed by atoms with E-state index in [0.29, 0.717) is 6.04 Å². The van der Waals surface area contributed by atoms with Crippen LogP contribution in [0.3, 0.4) is 0 Å². The topological polar surface area (TPSA) is 12.0 Å². The maximum Gasteiger partial charge on any atom is 0.0438 e. The highest BCUT2D eigenvalue weighted by Crippen LogP contribution is 2.18. The van der Waals surface area contributed by atoms with Gasteiger partial charge in [0, 0.05) is 17.6 Å². The Morgan fingerprint density at radius 2 is 1.62 bits per heavy atom. The van der Waals surface area contributed by atoms with Gasteiger partial charge in [0.25, 0.3) is 0 Å². The molecule has 0 aliphatic rings. The van der Waals surface area contributed by atoms with Crippen LogP contribution in [0.2, 0.25) is 5.02 Å². The van der Waals surface area contributed by atoms with Crippen molar-refractivity contribution in [2.24, 2.45) is 0 Å². The van der Waals surface area contributed by atoms with E-state index in [-0.39, 0.29) is 0 Å². The van der Waals surface area contributed by atoms with Crippen molar-refractivity contribution in [3.8, 4) is 0 Å². The molecule has 0 radical (unpaired) electrons. The first-order chi connectivity index (χ1) is 9.97. The summed E-state index contributed by atoms with van der Waals surface area (Å²) < 4.78 is 0. The molecular weight excluding hydrogens is 278 g/mol. The molecule has 21 heavy (non-hydrogen) atoms. The van der Waals surface area contributed by atoms with Crippen molar-refractivity contribution < 1.29 is 0 Å². The molecule has 0 spiro atoms. The Kier molecular flexibility index (Phi) is 5.44. The Bertz CT molecular complexity index is 619. The molecule has 2 heteroatoms. The highest BCUT2D eigenvalue weighted by molar-refractivity contribution is 6.31. The van der Waals surface area contributed by atoms with Crippen LogP contribution in [0.15, 0.2) is 36.4 Å². The number of hydrogen-bond acceptors (Lipinski definition) is 1. The van der Waals surface area contributed by atoms with Crippen molar-refractivity contribution in [3.63, 3.8) is 0 Å². The molecular formula is C19H24ClN. The van der Waals surface area contributed by atoms with Crippen LogP contribution in [0, 0.1) is 20.8 Å². The van der Waals surface area contributed by atoms with E-state index in [9.17, 15) is 0 Å². The van der Waals surface area contributed by atoms with E-state index >= 15 is 0 Å². The van der Waals surface area contributed by atoms with Crippen LogP contribution in [-0.4, -0.2) is 6.04 Å². The third-order valence-corrected chi connectivity index (χ3v) is 4.45. The summed E-state index contributed by atoms with van der Waals surface area (Å²) in [6.07, 6.45) is 0.948. The van der Waals surface area contributed by atoms with Crippen molar-refractivity contribution >= 4 is 11.6 Å². The van der Waals surface area contributed by atoms with Crippen LogP contribution in [0.4, 0.5) is 0 Å². The van der Waals surface area contributed by atoms with Gasteiger partial charge in [-0.05, 0) is 68.0 Å². The molecule has 0 amide bonds. The number of aryl methyl sites for hydroxylation is 3. The lowest BCUT2D eigenvalue weighted by molar-refractivity contribution is 0.544. The first-order valence-electron chi connectivity index (χ1n) is 7.51. The van der Waals surface area contributed by atoms with E-state index < -0.39 is 0 Å². The van der Waals surface area contributed by atoms with Gasteiger partial charge in [0.2, 0.25) is 0 Å². The van der Waals surface area contributed by atoms with Crippen LogP contribution in [-0.2, 0) is 13.0 Å². The third kappa shape index (κ3) is 4.33. The number of rotatable bonds is 5. The molecule has 0 aromatic heterocycles. The van der Waals surface area contributed by atoms with Gasteiger partial charge in [0.05, 0.1) is 0 Å². The smallest absolute Gasteiger partial charge is 0.0438 e. The fourth-order valence-corrected chi connectivity index (χ4v) is 2.77. The lowest BCUT2D eigenvalue weighted by Crippen LogP contribution is -2.28. The second-order valence-electron chi connectivity index (χ2n) is 5.94. The fourth-order valence-electron chi connectivity index (χ4n) is 2.56. The van der Waals surface area contributed by atoms with Gasteiger partial charge in [-0.25, -0.2) is 0 Å². The predicted molar refractivity (Wildman–Crippen MR) is 92.1 cm³/mol. The number of hydrogen-bond donors (Lipinski definition) is 1. The molecule has 0 saturated carbocycles. The molecule has 1 unspecified atom stereocenters. The molecule has 0 saturated heterocycles. The highest BCUT2D eigenvalue weighted by atomic mass is 35.5. The van der Waals surface area contributed by atoms with Gasteiger partial charge < -0.3 is 5.32 Å². The maximum atomic E-state index is 6.22. The summed E-state index contributed by atoms with van der Waals surface area (Å²) in [7, 11) is 0. The molecule has 1 nitrogen and oxygen atoms in total.